The summed E-state index contributed by atoms with van der Waals surface area (Å²) in [6.45, 7) is 6.91. The van der Waals surface area contributed by atoms with Crippen molar-refractivity contribution in [2.24, 2.45) is 0 Å². The van der Waals surface area contributed by atoms with Gasteiger partial charge in [-0.2, -0.15) is 0 Å². The normalized spacial score (nSPS) is 14.8. The SMILES string of the molecule is [2H][Si]([B])(OC[C@@H](CCCC(CCCCCCCC)OC(=O)CCCCCCCCCCCC)NC(=O)CCCCCCCCCCCCC)P[3H]. The van der Waals surface area contributed by atoms with E-state index in [0.29, 0.717) is 19.3 Å². The zero-order chi connectivity index (χ0) is 37.7. The molecule has 0 saturated heterocycles. The summed E-state index contributed by atoms with van der Waals surface area (Å²) in [6, 6.07) is -0.251. The van der Waals surface area contributed by atoms with E-state index in [1.54, 1.807) is 0 Å². The zero-order valence-electron chi connectivity index (χ0n) is 34.9. The number of carbonyl (C=O) groups excluding carboxylic acids is 2. The average molecular weight is 727 g/mol. The molecule has 0 aromatic carbocycles. The lowest BCUT2D eigenvalue weighted by molar-refractivity contribution is -0.150. The Morgan fingerprint density at radius 2 is 1.04 bits per heavy atom. The second kappa shape index (κ2) is 38.8. The van der Waals surface area contributed by atoms with Crippen LogP contribution in [0.4, 0.5) is 0 Å². The van der Waals surface area contributed by atoms with E-state index in [2.05, 4.69) is 26.1 Å². The standard InChI is InChI=1S/C41H83BNO4PSi/c1-4-7-10-13-16-18-20-21-23-26-29-35-40(44)43-38(37-46-49(42)48)32-31-34-39(33-28-25-15-12-9-6-3)47-41(45)36-30-27-24-22-19-17-14-11-8-5-2/h38-39,49H,4-37,48H2,1-3H3,(H,43,44)/t38-,39?,49?/m1/s1/i48T,49D/t38-,39?,48?,49?. The number of hydrogen-bond donors (Lipinski definition) is 1. The van der Waals surface area contributed by atoms with Crippen molar-refractivity contribution in [2.75, 3.05) is 6.61 Å². The molecule has 8 heteroatoms. The molecule has 1 N–H and O–H groups in total. The number of hydrogen-bond acceptors (Lipinski definition) is 4. The van der Waals surface area contributed by atoms with Gasteiger partial charge in [0.25, 0.3) is 0 Å². The number of ether oxygens (including phenoxy) is 1. The van der Waals surface area contributed by atoms with Crippen molar-refractivity contribution in [1.29, 1.82) is 2.51 Å². The van der Waals surface area contributed by atoms with Gasteiger partial charge in [0.2, 0.25) is 5.91 Å². The summed E-state index contributed by atoms with van der Waals surface area (Å²) in [5.74, 6) is -0.0519. The van der Waals surface area contributed by atoms with Crippen molar-refractivity contribution in [1.82, 2.24) is 5.32 Å². The Labute approximate surface area is 313 Å². The van der Waals surface area contributed by atoms with E-state index in [0.717, 1.165) is 51.4 Å². The van der Waals surface area contributed by atoms with Crippen LogP contribution in [-0.4, -0.2) is 49.1 Å². The van der Waals surface area contributed by atoms with Gasteiger partial charge in [0, 0.05) is 14.1 Å². The van der Waals surface area contributed by atoms with Gasteiger partial charge in [-0.05, 0) is 44.9 Å². The number of unbranched alkanes of at least 4 members (excludes halogenated alkanes) is 24. The first kappa shape index (κ1) is 44.8. The topological polar surface area (TPSA) is 64.6 Å². The van der Waals surface area contributed by atoms with Crippen molar-refractivity contribution in [3.05, 3.63) is 0 Å². The first-order valence-electron chi connectivity index (χ1n) is 22.4. The quantitative estimate of drug-likeness (QED) is 0.0295. The van der Waals surface area contributed by atoms with Crippen molar-refractivity contribution in [3.63, 3.8) is 0 Å². The van der Waals surface area contributed by atoms with E-state index in [1.165, 1.54) is 141 Å². The molecular formula is C41H83BNO4PSi. The molecule has 4 atom stereocenters. The van der Waals surface area contributed by atoms with Crippen molar-refractivity contribution < 1.29 is 18.8 Å². The van der Waals surface area contributed by atoms with Gasteiger partial charge in [-0.25, -0.2) is 0 Å². The van der Waals surface area contributed by atoms with Gasteiger partial charge in [0.05, 0.1) is 21.4 Å². The highest BCUT2D eigenvalue weighted by Gasteiger charge is 2.18. The molecule has 1 amide bonds. The average Bonchev–Trinajstić information content (AvgIpc) is 3.11. The predicted molar refractivity (Wildman–Crippen MR) is 220 cm³/mol. The molecule has 49 heavy (non-hydrogen) atoms. The summed E-state index contributed by atoms with van der Waals surface area (Å²) in [6.07, 6.45) is 37.4. The predicted octanol–water partition coefficient (Wildman–Crippen LogP) is 12.1. The summed E-state index contributed by atoms with van der Waals surface area (Å²) in [7, 11) is 2.18. The van der Waals surface area contributed by atoms with Crippen LogP contribution in [0.2, 0.25) is 0 Å². The van der Waals surface area contributed by atoms with E-state index in [1.807, 2.05) is 0 Å². The Morgan fingerprint density at radius 1 is 0.633 bits per heavy atom. The third-order valence-corrected chi connectivity index (χ3v) is 10.7. The Morgan fingerprint density at radius 3 is 1.51 bits per heavy atom. The van der Waals surface area contributed by atoms with Crippen molar-refractivity contribution in [2.45, 2.75) is 245 Å². The van der Waals surface area contributed by atoms with E-state index >= 15 is 0 Å². The minimum atomic E-state index is -3.27. The molecule has 0 aliphatic heterocycles. The molecule has 0 aliphatic carbocycles. The molecule has 0 bridgehead atoms. The van der Waals surface area contributed by atoms with Gasteiger partial charge in [-0.15, -0.1) is 8.73 Å². The molecule has 0 spiro atoms. The summed E-state index contributed by atoms with van der Waals surface area (Å²) in [5.41, 5.74) is 0. The van der Waals surface area contributed by atoms with E-state index in [4.69, 9.17) is 19.1 Å². The largest absolute Gasteiger partial charge is 0.462 e. The third kappa shape index (κ3) is 37.2. The minimum Gasteiger partial charge on any atom is -0.462 e. The number of rotatable bonds is 40. The number of nitrogens with one attached hydrogen (secondary N) is 1. The summed E-state index contributed by atoms with van der Waals surface area (Å²) >= 11 is 0. The number of carbonyl (C=O) groups is 2. The van der Waals surface area contributed by atoms with Gasteiger partial charge in [-0.1, -0.05) is 175 Å². The van der Waals surface area contributed by atoms with Gasteiger partial charge < -0.3 is 14.5 Å². The van der Waals surface area contributed by atoms with Crippen molar-refractivity contribution in [3.8, 4) is 0 Å². The molecule has 0 aliphatic rings. The number of esters is 1. The van der Waals surface area contributed by atoms with E-state index < -0.39 is 17.2 Å². The molecule has 0 fully saturated rings. The summed E-state index contributed by atoms with van der Waals surface area (Å²) in [5, 5.41) is 3.15. The molecule has 5 nitrogen and oxygen atoms in total. The Hall–Kier alpha value is -0.388. The van der Waals surface area contributed by atoms with Gasteiger partial charge in [-0.3, -0.25) is 9.59 Å². The van der Waals surface area contributed by atoms with Crippen molar-refractivity contribution >= 4 is 36.6 Å². The van der Waals surface area contributed by atoms with Crippen LogP contribution in [0, 0.1) is 0 Å². The molecule has 288 valence electrons. The summed E-state index contributed by atoms with van der Waals surface area (Å²) < 4.78 is 27.5. The minimum absolute atomic E-state index is 0.0219. The van der Waals surface area contributed by atoms with E-state index in [9.17, 15) is 9.59 Å². The molecule has 0 rings (SSSR count). The van der Waals surface area contributed by atoms with Gasteiger partial charge in [0.1, 0.15) is 14.6 Å². The Bertz CT molecular complexity index is 786. The summed E-state index contributed by atoms with van der Waals surface area (Å²) in [4.78, 5) is 25.8. The number of amides is 1. The van der Waals surface area contributed by atoms with Crippen LogP contribution in [0.1, 0.15) is 233 Å². The highest BCUT2D eigenvalue weighted by molar-refractivity contribution is 7.70. The van der Waals surface area contributed by atoms with Crippen LogP contribution in [0.3, 0.4) is 0 Å². The fourth-order valence-electron chi connectivity index (χ4n) is 6.65. The highest BCUT2D eigenvalue weighted by atomic mass is 31.3. The molecule has 3 unspecified atom stereocenters. The molecule has 0 aromatic rings. The smallest absolute Gasteiger partial charge is 0.306 e. The van der Waals surface area contributed by atoms with Crippen LogP contribution in [0.5, 0.6) is 0 Å². The zero-order valence-corrected chi connectivity index (χ0v) is 34.9. The van der Waals surface area contributed by atoms with Crippen LogP contribution >= 0.6 is 8.73 Å². The first-order valence-corrected chi connectivity index (χ1v) is 24.4. The van der Waals surface area contributed by atoms with Gasteiger partial charge >= 0.3 is 5.97 Å². The fraction of sp³-hybridized carbons (Fsp3) is 0.951. The Kier molecular flexibility index (Phi) is 35.5. The second-order valence-electron chi connectivity index (χ2n) is 14.8. The Balaban J connectivity index is 4.72. The lowest BCUT2D eigenvalue weighted by Gasteiger charge is -2.22. The lowest BCUT2D eigenvalue weighted by Crippen LogP contribution is -2.39. The highest BCUT2D eigenvalue weighted by Crippen LogP contribution is 2.19. The van der Waals surface area contributed by atoms with Crippen LogP contribution in [0.15, 0.2) is 0 Å². The molecular weight excluding hydrogens is 640 g/mol. The maximum absolute atomic E-state index is 12.9. The van der Waals surface area contributed by atoms with Crippen LogP contribution < -0.4 is 5.32 Å². The maximum atomic E-state index is 12.9. The lowest BCUT2D eigenvalue weighted by atomic mass is 10.0. The van der Waals surface area contributed by atoms with Crippen LogP contribution in [-0.2, 0) is 18.8 Å². The monoisotopic (exact) mass is 727 g/mol. The molecule has 2 radical (unpaired) electrons. The molecule has 0 saturated carbocycles. The third-order valence-electron chi connectivity index (χ3n) is 9.80. The fourth-order valence-corrected chi connectivity index (χ4v) is 7.28. The maximum Gasteiger partial charge on any atom is 0.306 e. The molecule has 0 heterocycles. The van der Waals surface area contributed by atoms with Gasteiger partial charge in [0.15, 0.2) is 0 Å². The van der Waals surface area contributed by atoms with Crippen LogP contribution in [0.25, 0.3) is 0 Å². The first-order chi connectivity index (χ1) is 24.8. The molecule has 0 aromatic heterocycles. The second-order valence-corrected chi connectivity index (χ2v) is 17.3. The van der Waals surface area contributed by atoms with E-state index in [-0.39, 0.29) is 30.6 Å².